The highest BCUT2D eigenvalue weighted by molar-refractivity contribution is 6.06. The fourth-order valence-electron chi connectivity index (χ4n) is 3.22. The number of esters is 1. The Labute approximate surface area is 164 Å². The molecule has 0 spiro atoms. The molecule has 7 nitrogen and oxygen atoms in total. The van der Waals surface area contributed by atoms with Crippen LogP contribution in [0.4, 0.5) is 5.69 Å². The third-order valence-electron chi connectivity index (χ3n) is 5.07. The molecule has 1 fully saturated rings. The molecule has 1 aromatic carbocycles. The first kappa shape index (κ1) is 21.3. The molecule has 148 valence electrons. The highest BCUT2D eigenvalue weighted by Gasteiger charge is 2.37. The summed E-state index contributed by atoms with van der Waals surface area (Å²) in [4.78, 5) is 38.4. The first-order valence-corrected chi connectivity index (χ1v) is 9.33. The number of hydrogen-bond donors (Lipinski definition) is 1. The molecular formula is C21H25N3O4. The van der Waals surface area contributed by atoms with Crippen LogP contribution in [0.2, 0.25) is 0 Å². The van der Waals surface area contributed by atoms with E-state index in [0.29, 0.717) is 0 Å². The number of benzene rings is 1. The second-order valence-corrected chi connectivity index (χ2v) is 7.09. The zero-order valence-electron chi connectivity index (χ0n) is 16.4. The lowest BCUT2D eigenvalue weighted by atomic mass is 9.96. The lowest BCUT2D eigenvalue weighted by Gasteiger charge is -2.23. The van der Waals surface area contributed by atoms with Gasteiger partial charge in [0, 0.05) is 24.4 Å². The molecule has 1 amide bonds. The van der Waals surface area contributed by atoms with Crippen LogP contribution in [-0.4, -0.2) is 36.5 Å². The first-order valence-electron chi connectivity index (χ1n) is 9.33. The summed E-state index contributed by atoms with van der Waals surface area (Å²) in [6.45, 7) is 5.16. The minimum absolute atomic E-state index is 0.0210. The van der Waals surface area contributed by atoms with Crippen molar-refractivity contribution in [3.63, 3.8) is 0 Å². The maximum atomic E-state index is 12.5. The van der Waals surface area contributed by atoms with E-state index in [1.54, 1.807) is 11.0 Å². The fourth-order valence-corrected chi connectivity index (χ4v) is 3.22. The van der Waals surface area contributed by atoms with Gasteiger partial charge in [-0.15, -0.1) is 0 Å². The van der Waals surface area contributed by atoms with E-state index in [-0.39, 0.29) is 30.5 Å². The molecule has 28 heavy (non-hydrogen) atoms. The smallest absolute Gasteiger partial charge is 0.311 e. The lowest BCUT2D eigenvalue weighted by molar-refractivity contribution is -0.152. The van der Waals surface area contributed by atoms with E-state index in [2.05, 4.69) is 13.8 Å². The molecule has 0 bridgehead atoms. The van der Waals surface area contributed by atoms with E-state index in [1.165, 1.54) is 6.92 Å². The molecule has 2 rings (SSSR count). The van der Waals surface area contributed by atoms with Crippen LogP contribution in [0.25, 0.3) is 0 Å². The average molecular weight is 383 g/mol. The number of anilines is 1. The predicted octanol–water partition coefficient (Wildman–Crippen LogP) is 2.84. The minimum atomic E-state index is -1.21. The Balaban J connectivity index is 2.05. The number of hydrogen-bond acceptors (Lipinski definition) is 6. The van der Waals surface area contributed by atoms with Crippen LogP contribution in [0.1, 0.15) is 45.1 Å². The Morgan fingerprint density at radius 3 is 2.68 bits per heavy atom. The molecule has 0 aromatic heterocycles. The van der Waals surface area contributed by atoms with Gasteiger partial charge in [-0.1, -0.05) is 32.0 Å². The maximum Gasteiger partial charge on any atom is 0.311 e. The van der Waals surface area contributed by atoms with Gasteiger partial charge in [0.05, 0.1) is 12.0 Å². The van der Waals surface area contributed by atoms with Gasteiger partial charge in [-0.2, -0.15) is 5.26 Å². The standard InChI is InChI=1S/C21H25N3O4/c1-4-13(2)16-7-5-6-8-18(16)24-11-15(9-20(24)26)21(27)28-12-19(25)17(10-22)14(3)23/h5-8,13,15,17,23H,4,9,11-12H2,1-3H3/t13-,15-,17-/m0/s1. The molecule has 7 heteroatoms. The van der Waals surface area contributed by atoms with Crippen molar-refractivity contribution in [3.8, 4) is 6.07 Å². The quantitative estimate of drug-likeness (QED) is 0.548. The van der Waals surface area contributed by atoms with Gasteiger partial charge in [-0.3, -0.25) is 14.4 Å². The highest BCUT2D eigenvalue weighted by atomic mass is 16.5. The molecule has 1 N–H and O–H groups in total. The van der Waals surface area contributed by atoms with Crippen LogP contribution < -0.4 is 4.90 Å². The third-order valence-corrected chi connectivity index (χ3v) is 5.07. The molecule has 0 unspecified atom stereocenters. The minimum Gasteiger partial charge on any atom is -0.457 e. The predicted molar refractivity (Wildman–Crippen MR) is 104 cm³/mol. The number of carbonyl (C=O) groups excluding carboxylic acids is 3. The van der Waals surface area contributed by atoms with Gasteiger partial charge >= 0.3 is 5.97 Å². The summed E-state index contributed by atoms with van der Waals surface area (Å²) in [5.74, 6) is -3.02. The van der Waals surface area contributed by atoms with E-state index in [0.717, 1.165) is 17.7 Å². The van der Waals surface area contributed by atoms with Gasteiger partial charge in [0.2, 0.25) is 5.91 Å². The molecule has 1 saturated heterocycles. The number of rotatable bonds is 8. The Kier molecular flexibility index (Phi) is 7.05. The lowest BCUT2D eigenvalue weighted by Crippen LogP contribution is -2.30. The number of carbonyl (C=O) groups is 3. The van der Waals surface area contributed by atoms with Gasteiger partial charge < -0.3 is 15.0 Å². The van der Waals surface area contributed by atoms with Crippen molar-refractivity contribution < 1.29 is 19.1 Å². The van der Waals surface area contributed by atoms with Gasteiger partial charge in [-0.05, 0) is 30.9 Å². The van der Waals surface area contributed by atoms with Crippen molar-refractivity contribution >= 4 is 29.1 Å². The molecule has 0 saturated carbocycles. The number of para-hydroxylation sites is 1. The van der Waals surface area contributed by atoms with Gasteiger partial charge in [0.15, 0.2) is 12.4 Å². The van der Waals surface area contributed by atoms with Crippen molar-refractivity contribution in [1.82, 2.24) is 0 Å². The summed E-state index contributed by atoms with van der Waals surface area (Å²) in [6, 6.07) is 9.38. The van der Waals surface area contributed by atoms with Crippen LogP contribution in [0.5, 0.6) is 0 Å². The Morgan fingerprint density at radius 1 is 1.39 bits per heavy atom. The second-order valence-electron chi connectivity index (χ2n) is 7.09. The fraction of sp³-hybridized carbons (Fsp3) is 0.476. The van der Waals surface area contributed by atoms with Crippen molar-refractivity contribution in [2.45, 2.75) is 39.5 Å². The largest absolute Gasteiger partial charge is 0.457 e. The molecule has 1 aliphatic rings. The second kappa shape index (κ2) is 9.27. The van der Waals surface area contributed by atoms with Crippen molar-refractivity contribution in [2.24, 2.45) is 11.8 Å². The van der Waals surface area contributed by atoms with E-state index < -0.39 is 30.2 Å². The Morgan fingerprint density at radius 2 is 2.07 bits per heavy atom. The Hall–Kier alpha value is -3.01. The number of nitrogens with zero attached hydrogens (tertiary/aromatic N) is 2. The Bertz CT molecular complexity index is 827. The maximum absolute atomic E-state index is 12.5. The summed E-state index contributed by atoms with van der Waals surface area (Å²) in [6.07, 6.45) is 0.951. The molecule has 0 radical (unpaired) electrons. The average Bonchev–Trinajstić information content (AvgIpc) is 3.07. The summed E-state index contributed by atoms with van der Waals surface area (Å²) < 4.78 is 5.04. The summed E-state index contributed by atoms with van der Waals surface area (Å²) in [5.41, 5.74) is 1.77. The van der Waals surface area contributed by atoms with E-state index in [9.17, 15) is 14.4 Å². The molecule has 1 heterocycles. The van der Waals surface area contributed by atoms with Gasteiger partial charge in [0.25, 0.3) is 0 Å². The van der Waals surface area contributed by atoms with Crippen LogP contribution in [0, 0.1) is 28.6 Å². The first-order chi connectivity index (χ1) is 13.3. The summed E-state index contributed by atoms with van der Waals surface area (Å²) in [7, 11) is 0. The number of amides is 1. The highest BCUT2D eigenvalue weighted by Crippen LogP contribution is 2.33. The van der Waals surface area contributed by atoms with Crippen LogP contribution in [0.3, 0.4) is 0 Å². The molecule has 3 atom stereocenters. The van der Waals surface area contributed by atoms with Crippen LogP contribution >= 0.6 is 0 Å². The molecule has 0 aliphatic carbocycles. The molecule has 1 aliphatic heterocycles. The van der Waals surface area contributed by atoms with Gasteiger partial charge in [0.1, 0.15) is 5.92 Å². The summed E-state index contributed by atoms with van der Waals surface area (Å²) >= 11 is 0. The SMILES string of the molecule is CC[C@H](C)c1ccccc1N1C[C@@H](C(=O)OCC(=O)[C@@H](C#N)C(C)=N)CC1=O. The van der Waals surface area contributed by atoms with Crippen molar-refractivity contribution in [2.75, 3.05) is 18.1 Å². The number of ether oxygens (including phenoxy) is 1. The van der Waals surface area contributed by atoms with Crippen LogP contribution in [-0.2, 0) is 19.1 Å². The zero-order chi connectivity index (χ0) is 20.8. The van der Waals surface area contributed by atoms with Gasteiger partial charge in [-0.25, -0.2) is 0 Å². The van der Waals surface area contributed by atoms with Crippen molar-refractivity contribution in [3.05, 3.63) is 29.8 Å². The normalized spacial score (nSPS) is 18.3. The number of nitriles is 1. The van der Waals surface area contributed by atoms with E-state index in [4.69, 9.17) is 15.4 Å². The molecule has 1 aromatic rings. The van der Waals surface area contributed by atoms with Crippen molar-refractivity contribution in [1.29, 1.82) is 10.7 Å². The van der Waals surface area contributed by atoms with Crippen LogP contribution in [0.15, 0.2) is 24.3 Å². The molecular weight excluding hydrogens is 358 g/mol. The number of Topliss-reactive ketones (excluding diaryl/α,β-unsaturated/α-hetero) is 1. The zero-order valence-corrected chi connectivity index (χ0v) is 16.4. The number of ketones is 1. The summed E-state index contributed by atoms with van der Waals surface area (Å²) in [5, 5.41) is 16.3. The topological polar surface area (TPSA) is 111 Å². The van der Waals surface area contributed by atoms with E-state index in [1.807, 2.05) is 24.3 Å². The number of nitrogens with one attached hydrogen (secondary N) is 1. The monoisotopic (exact) mass is 383 g/mol. The third kappa shape index (κ3) is 4.63. The van der Waals surface area contributed by atoms with E-state index >= 15 is 0 Å².